The van der Waals surface area contributed by atoms with Crippen molar-refractivity contribution in [2.75, 3.05) is 6.61 Å². The Kier molecular flexibility index (Phi) is 10.3. The number of hydrogen-bond acceptors (Lipinski definition) is 4. The summed E-state index contributed by atoms with van der Waals surface area (Å²) in [6.45, 7) is 10.0. The van der Waals surface area contributed by atoms with Crippen molar-refractivity contribution in [1.82, 2.24) is 0 Å². The average molecular weight is 369 g/mol. The van der Waals surface area contributed by atoms with Gasteiger partial charge < -0.3 is 9.47 Å². The number of carbonyl (C=O) groups excluding carboxylic acids is 2. The van der Waals surface area contributed by atoms with Crippen molar-refractivity contribution in [2.24, 2.45) is 17.8 Å². The lowest BCUT2D eigenvalue weighted by Gasteiger charge is -2.24. The van der Waals surface area contributed by atoms with Crippen LogP contribution in [0.5, 0.6) is 0 Å². The molecule has 0 aromatic heterocycles. The molecular formula is C22H40O4. The summed E-state index contributed by atoms with van der Waals surface area (Å²) in [6.07, 6.45) is 11.0. The first-order valence-electron chi connectivity index (χ1n) is 10.6. The van der Waals surface area contributed by atoms with Crippen LogP contribution < -0.4 is 0 Å². The molecule has 152 valence electrons. The Morgan fingerprint density at radius 2 is 1.69 bits per heavy atom. The third-order valence-corrected chi connectivity index (χ3v) is 4.87. The van der Waals surface area contributed by atoms with E-state index in [9.17, 15) is 9.59 Å². The highest BCUT2D eigenvalue weighted by Crippen LogP contribution is 2.29. The topological polar surface area (TPSA) is 52.6 Å². The molecule has 1 saturated carbocycles. The second kappa shape index (κ2) is 11.6. The Hall–Kier alpha value is -1.06. The average Bonchev–Trinajstić information content (AvgIpc) is 2.55. The van der Waals surface area contributed by atoms with Gasteiger partial charge in [-0.1, -0.05) is 65.2 Å². The lowest BCUT2D eigenvalue weighted by atomic mass is 9.85. The van der Waals surface area contributed by atoms with E-state index in [4.69, 9.17) is 9.47 Å². The van der Waals surface area contributed by atoms with E-state index in [1.54, 1.807) is 0 Å². The van der Waals surface area contributed by atoms with Crippen molar-refractivity contribution >= 4 is 11.9 Å². The molecule has 26 heavy (non-hydrogen) atoms. The first-order valence-corrected chi connectivity index (χ1v) is 10.6. The smallest absolute Gasteiger partial charge is 0.310 e. The minimum atomic E-state index is -0.529. The van der Waals surface area contributed by atoms with Gasteiger partial charge in [0.25, 0.3) is 0 Å². The number of unbranched alkanes of at least 4 members (excludes halogenated alkanes) is 1. The minimum Gasteiger partial charge on any atom is -0.465 e. The lowest BCUT2D eigenvalue weighted by molar-refractivity contribution is -0.164. The first-order chi connectivity index (χ1) is 12.2. The van der Waals surface area contributed by atoms with Gasteiger partial charge in [0.05, 0.1) is 18.9 Å². The fourth-order valence-electron chi connectivity index (χ4n) is 3.51. The van der Waals surface area contributed by atoms with Gasteiger partial charge >= 0.3 is 11.9 Å². The summed E-state index contributed by atoms with van der Waals surface area (Å²) in [7, 11) is 0. The SMILES string of the molecule is CC(C)COC(=O)C[C@@H](CCCCC1CCCCC1)C(=O)OC(C)(C)C. The molecule has 0 aromatic rings. The molecule has 0 radical (unpaired) electrons. The first kappa shape index (κ1) is 23.0. The van der Waals surface area contributed by atoms with Crippen molar-refractivity contribution in [2.45, 2.75) is 104 Å². The lowest BCUT2D eigenvalue weighted by Crippen LogP contribution is -2.30. The van der Waals surface area contributed by atoms with Crippen molar-refractivity contribution in [1.29, 1.82) is 0 Å². The number of carbonyl (C=O) groups is 2. The van der Waals surface area contributed by atoms with Gasteiger partial charge in [0.1, 0.15) is 5.60 Å². The zero-order chi connectivity index (χ0) is 19.6. The van der Waals surface area contributed by atoms with Crippen LogP contribution in [0.25, 0.3) is 0 Å². The molecule has 0 bridgehead atoms. The van der Waals surface area contributed by atoms with E-state index in [0.717, 1.165) is 18.8 Å². The normalized spacial score (nSPS) is 17.2. The monoisotopic (exact) mass is 368 g/mol. The van der Waals surface area contributed by atoms with E-state index in [-0.39, 0.29) is 24.3 Å². The second-order valence-corrected chi connectivity index (χ2v) is 9.30. The number of hydrogen-bond donors (Lipinski definition) is 0. The summed E-state index contributed by atoms with van der Waals surface area (Å²) in [5, 5.41) is 0. The van der Waals surface area contributed by atoms with Gasteiger partial charge in [0.2, 0.25) is 0 Å². The maximum atomic E-state index is 12.5. The van der Waals surface area contributed by atoms with Crippen LogP contribution in [-0.2, 0) is 19.1 Å². The maximum Gasteiger partial charge on any atom is 0.310 e. The van der Waals surface area contributed by atoms with Crippen molar-refractivity contribution in [3.8, 4) is 0 Å². The highest BCUT2D eigenvalue weighted by Gasteiger charge is 2.28. The molecular weight excluding hydrogens is 328 g/mol. The van der Waals surface area contributed by atoms with E-state index < -0.39 is 5.60 Å². The van der Waals surface area contributed by atoms with E-state index in [1.807, 2.05) is 34.6 Å². The molecule has 1 fully saturated rings. The molecule has 1 rings (SSSR count). The molecule has 4 heteroatoms. The van der Waals surface area contributed by atoms with Crippen molar-refractivity contribution in [3.63, 3.8) is 0 Å². The molecule has 0 amide bonds. The van der Waals surface area contributed by atoms with E-state index in [2.05, 4.69) is 0 Å². The van der Waals surface area contributed by atoms with E-state index in [0.29, 0.717) is 18.9 Å². The zero-order valence-corrected chi connectivity index (χ0v) is 17.6. The Morgan fingerprint density at radius 1 is 1.04 bits per heavy atom. The standard InChI is InChI=1S/C22H40O4/c1-17(2)16-25-20(23)15-19(21(24)26-22(3,4)5)14-10-9-13-18-11-7-6-8-12-18/h17-19H,6-16H2,1-5H3/t19-/m1/s1. The van der Waals surface area contributed by atoms with Gasteiger partial charge in [-0.05, 0) is 39.0 Å². The van der Waals surface area contributed by atoms with Crippen LogP contribution in [0, 0.1) is 17.8 Å². The summed E-state index contributed by atoms with van der Waals surface area (Å²) in [5.74, 6) is 0.216. The zero-order valence-electron chi connectivity index (χ0n) is 17.6. The molecule has 0 N–H and O–H groups in total. The van der Waals surface area contributed by atoms with Gasteiger partial charge in [0, 0.05) is 0 Å². The molecule has 0 aliphatic heterocycles. The minimum absolute atomic E-state index is 0.130. The molecule has 0 heterocycles. The number of ether oxygens (including phenoxy) is 2. The molecule has 0 unspecified atom stereocenters. The largest absolute Gasteiger partial charge is 0.465 e. The summed E-state index contributed by atoms with van der Waals surface area (Å²) in [4.78, 5) is 24.6. The van der Waals surface area contributed by atoms with Gasteiger partial charge in [-0.25, -0.2) is 0 Å². The molecule has 0 spiro atoms. The van der Waals surface area contributed by atoms with E-state index in [1.165, 1.54) is 38.5 Å². The fourth-order valence-corrected chi connectivity index (χ4v) is 3.51. The number of esters is 2. The quantitative estimate of drug-likeness (QED) is 0.368. The molecule has 0 saturated heterocycles. The number of rotatable bonds is 10. The molecule has 1 atom stereocenters. The van der Waals surface area contributed by atoms with Crippen LogP contribution >= 0.6 is 0 Å². The van der Waals surface area contributed by atoms with Gasteiger partial charge in [-0.2, -0.15) is 0 Å². The molecule has 4 nitrogen and oxygen atoms in total. The van der Waals surface area contributed by atoms with Crippen LogP contribution in [0.2, 0.25) is 0 Å². The summed E-state index contributed by atoms with van der Waals surface area (Å²) >= 11 is 0. The summed E-state index contributed by atoms with van der Waals surface area (Å²) in [6, 6.07) is 0. The Balaban J connectivity index is 2.45. The summed E-state index contributed by atoms with van der Waals surface area (Å²) < 4.78 is 10.8. The van der Waals surface area contributed by atoms with Crippen LogP contribution in [0.15, 0.2) is 0 Å². The fraction of sp³-hybridized carbons (Fsp3) is 0.909. The van der Waals surface area contributed by atoms with Crippen LogP contribution in [-0.4, -0.2) is 24.1 Å². The van der Waals surface area contributed by atoms with Crippen molar-refractivity contribution in [3.05, 3.63) is 0 Å². The third kappa shape index (κ3) is 10.8. The van der Waals surface area contributed by atoms with Gasteiger partial charge in [0.15, 0.2) is 0 Å². The predicted molar refractivity (Wildman–Crippen MR) is 105 cm³/mol. The van der Waals surface area contributed by atoms with Crippen LogP contribution in [0.1, 0.15) is 98.8 Å². The highest BCUT2D eigenvalue weighted by atomic mass is 16.6. The van der Waals surface area contributed by atoms with Gasteiger partial charge in [-0.3, -0.25) is 9.59 Å². The molecule has 0 aromatic carbocycles. The Bertz CT molecular complexity index is 416. The Morgan fingerprint density at radius 3 is 2.27 bits per heavy atom. The predicted octanol–water partition coefficient (Wildman–Crippen LogP) is 5.67. The second-order valence-electron chi connectivity index (χ2n) is 9.30. The Labute approximate surface area is 160 Å². The van der Waals surface area contributed by atoms with Crippen molar-refractivity contribution < 1.29 is 19.1 Å². The maximum absolute atomic E-state index is 12.5. The van der Waals surface area contributed by atoms with E-state index >= 15 is 0 Å². The van der Waals surface area contributed by atoms with Crippen LogP contribution in [0.3, 0.4) is 0 Å². The molecule has 1 aliphatic carbocycles. The summed E-state index contributed by atoms with van der Waals surface area (Å²) in [5.41, 5.74) is -0.529. The third-order valence-electron chi connectivity index (χ3n) is 4.87. The van der Waals surface area contributed by atoms with Crippen LogP contribution in [0.4, 0.5) is 0 Å². The molecule has 1 aliphatic rings. The van der Waals surface area contributed by atoms with Gasteiger partial charge in [-0.15, -0.1) is 0 Å². The highest BCUT2D eigenvalue weighted by molar-refractivity contribution is 5.80.